The molecule has 0 radical (unpaired) electrons. The van der Waals surface area contributed by atoms with Crippen LogP contribution in [0.1, 0.15) is 58.1 Å². The lowest BCUT2D eigenvalue weighted by Gasteiger charge is -2.57. The molecule has 0 aliphatic carbocycles. The molecule has 0 spiro atoms. The first kappa shape index (κ1) is 26.7. The Balaban J connectivity index is 2.05. The fourth-order valence-electron chi connectivity index (χ4n) is 5.20. The highest BCUT2D eigenvalue weighted by molar-refractivity contribution is 7.00. The van der Waals surface area contributed by atoms with Crippen molar-refractivity contribution in [1.29, 1.82) is 0 Å². The predicted molar refractivity (Wildman–Crippen MR) is 145 cm³/mol. The van der Waals surface area contributed by atoms with E-state index in [1.54, 1.807) is 12.1 Å². The van der Waals surface area contributed by atoms with Gasteiger partial charge in [0.2, 0.25) is 0 Å². The molecule has 0 fully saturated rings. The molecule has 2 N–H and O–H groups in total. The third-order valence-corrected chi connectivity index (χ3v) is 25.1. The number of phenolic OH excluding ortho intramolecular Hbond substituents is 2. The second-order valence-corrected chi connectivity index (χ2v) is 23.9. The van der Waals surface area contributed by atoms with E-state index in [-0.39, 0.29) is 0 Å². The van der Waals surface area contributed by atoms with Crippen molar-refractivity contribution in [2.24, 2.45) is 0 Å². The molecule has 0 bridgehead atoms. The van der Waals surface area contributed by atoms with Crippen LogP contribution in [0.25, 0.3) is 0 Å². The molecule has 2 aromatic rings. The average Bonchev–Trinajstić information content (AvgIpc) is 2.70. The van der Waals surface area contributed by atoms with Crippen molar-refractivity contribution in [2.75, 3.05) is 0 Å². The van der Waals surface area contributed by atoms with Crippen LogP contribution in [-0.4, -0.2) is 26.4 Å². The van der Waals surface area contributed by atoms with E-state index < -0.39 is 16.1 Å². The first-order valence-electron chi connectivity index (χ1n) is 12.3. The minimum Gasteiger partial charge on any atom is -0.508 e. The number of rotatable bonds is 11. The van der Waals surface area contributed by atoms with E-state index in [2.05, 4.69) is 66.0 Å². The van der Waals surface area contributed by atoms with Crippen LogP contribution in [0.2, 0.25) is 41.9 Å². The van der Waals surface area contributed by atoms with Gasteiger partial charge in [-0.2, -0.15) is 0 Å². The number of aromatic hydroxyl groups is 2. The van der Waals surface area contributed by atoms with Gasteiger partial charge in [0.15, 0.2) is 0 Å². The van der Waals surface area contributed by atoms with Crippen LogP contribution in [0, 0.1) is 0 Å². The van der Waals surface area contributed by atoms with Crippen molar-refractivity contribution in [1.82, 2.24) is 0 Å². The van der Waals surface area contributed by atoms with Crippen molar-refractivity contribution in [3.63, 3.8) is 0 Å². The van der Waals surface area contributed by atoms with Crippen LogP contribution < -0.4 is 0 Å². The van der Waals surface area contributed by atoms with Crippen LogP contribution >= 0.6 is 0 Å². The maximum atomic E-state index is 10.1. The molecule has 32 heavy (non-hydrogen) atoms. The summed E-state index contributed by atoms with van der Waals surface area (Å²) in [5.41, 5.74) is 2.15. The fourth-order valence-corrected chi connectivity index (χ4v) is 17.5. The van der Waals surface area contributed by atoms with Crippen LogP contribution in [-0.2, 0) is 12.8 Å². The van der Waals surface area contributed by atoms with E-state index in [0.717, 1.165) is 36.8 Å². The van der Waals surface area contributed by atoms with E-state index in [9.17, 15) is 10.2 Å². The summed E-state index contributed by atoms with van der Waals surface area (Å²) in [5, 5.41) is 20.6. The van der Waals surface area contributed by atoms with Gasteiger partial charge in [-0.3, -0.25) is 0 Å². The first-order valence-corrected chi connectivity index (χ1v) is 18.5. The predicted octanol–water partition coefficient (Wildman–Crippen LogP) is 8.57. The number of hydrogen-bond donors (Lipinski definition) is 2. The molecule has 0 aromatic heterocycles. The molecule has 2 aromatic carbocycles. The molecule has 0 atom stereocenters. The Labute approximate surface area is 199 Å². The molecular formula is C28H46O2Si2. The third kappa shape index (κ3) is 5.69. The van der Waals surface area contributed by atoms with E-state index in [1.165, 1.54) is 12.5 Å². The summed E-state index contributed by atoms with van der Waals surface area (Å²) in [6, 6.07) is 16.8. The summed E-state index contributed by atoms with van der Waals surface area (Å²) in [6.07, 6.45) is 5.38. The van der Waals surface area contributed by atoms with Gasteiger partial charge in [0.25, 0.3) is 0 Å². The summed E-state index contributed by atoms with van der Waals surface area (Å²) in [6.45, 7) is 20.5. The van der Waals surface area contributed by atoms with Crippen LogP contribution in [0.15, 0.2) is 48.5 Å². The lowest BCUT2D eigenvalue weighted by Crippen LogP contribution is -2.59. The Morgan fingerprint density at radius 2 is 1.12 bits per heavy atom. The Morgan fingerprint density at radius 1 is 0.688 bits per heavy atom. The van der Waals surface area contributed by atoms with Gasteiger partial charge in [0.1, 0.15) is 11.5 Å². The average molecular weight is 471 g/mol. The number of aryl methyl sites for hydroxylation is 2. The van der Waals surface area contributed by atoms with Gasteiger partial charge in [-0.15, -0.1) is 0 Å². The van der Waals surface area contributed by atoms with Crippen molar-refractivity contribution in [3.8, 4) is 11.5 Å². The smallest absolute Gasteiger partial charge is 0.118 e. The van der Waals surface area contributed by atoms with Gasteiger partial charge in [-0.05, 0) is 52.2 Å². The second-order valence-electron chi connectivity index (χ2n) is 12.0. The van der Waals surface area contributed by atoms with Crippen LogP contribution in [0.5, 0.6) is 11.5 Å². The summed E-state index contributed by atoms with van der Waals surface area (Å²) >= 11 is 0. The molecule has 0 saturated carbocycles. The molecule has 0 aliphatic heterocycles. The Hall–Kier alpha value is -1.53. The second kappa shape index (κ2) is 10.2. The van der Waals surface area contributed by atoms with Crippen LogP contribution in [0.4, 0.5) is 0 Å². The van der Waals surface area contributed by atoms with E-state index in [4.69, 9.17) is 0 Å². The Morgan fingerprint density at radius 3 is 1.59 bits per heavy atom. The molecule has 2 nitrogen and oxygen atoms in total. The van der Waals surface area contributed by atoms with Crippen molar-refractivity contribution in [2.45, 2.75) is 102 Å². The van der Waals surface area contributed by atoms with Gasteiger partial charge in [-0.1, -0.05) is 109 Å². The summed E-state index contributed by atoms with van der Waals surface area (Å²) in [5.74, 6) is 0.867. The van der Waals surface area contributed by atoms with Crippen molar-refractivity contribution in [3.05, 3.63) is 59.7 Å². The van der Waals surface area contributed by atoms with E-state index in [0.29, 0.717) is 21.2 Å². The molecule has 4 heteroatoms. The minimum absolute atomic E-state index is 0.322. The molecule has 178 valence electrons. The molecular weight excluding hydrogens is 424 g/mol. The number of phenols is 2. The van der Waals surface area contributed by atoms with Gasteiger partial charge in [0, 0.05) is 0 Å². The highest BCUT2D eigenvalue weighted by Crippen LogP contribution is 2.58. The largest absolute Gasteiger partial charge is 0.508 e. The summed E-state index contributed by atoms with van der Waals surface area (Å²) in [4.78, 5) is 0. The molecule has 2 rings (SSSR count). The quantitative estimate of drug-likeness (QED) is 0.323. The molecule has 0 amide bonds. The maximum absolute atomic E-state index is 10.1. The number of para-hydroxylation sites is 2. The highest BCUT2D eigenvalue weighted by Gasteiger charge is 2.55. The normalized spacial score (nSPS) is 13.4. The van der Waals surface area contributed by atoms with E-state index in [1.807, 2.05) is 24.3 Å². The maximum Gasteiger partial charge on any atom is 0.118 e. The number of benzene rings is 2. The summed E-state index contributed by atoms with van der Waals surface area (Å²) < 4.78 is 0.386. The van der Waals surface area contributed by atoms with Gasteiger partial charge >= 0.3 is 0 Å². The Kier molecular flexibility index (Phi) is 8.49. The lowest BCUT2D eigenvalue weighted by atomic mass is 10.0. The molecule has 0 saturated heterocycles. The van der Waals surface area contributed by atoms with Crippen LogP contribution in [0.3, 0.4) is 0 Å². The Bertz CT molecular complexity index is 811. The third-order valence-electron chi connectivity index (χ3n) is 9.43. The monoisotopic (exact) mass is 470 g/mol. The first-order chi connectivity index (χ1) is 14.7. The van der Waals surface area contributed by atoms with Gasteiger partial charge < -0.3 is 10.2 Å². The zero-order chi connectivity index (χ0) is 24.2. The standard InChI is InChI=1S/C28H46O2Si2/c1-27(2,21-13-17-23-15-9-11-19-25(23)29)32(7,8)28(3,4)31(5,6)22-14-18-24-16-10-12-20-26(24)30/h9-12,15-16,19-20,29-30H,13-14,17-18,21-22H2,1-8H3. The lowest BCUT2D eigenvalue weighted by molar-refractivity contribution is 0.463. The minimum atomic E-state index is -1.64. The highest BCUT2D eigenvalue weighted by atomic mass is 28.4. The zero-order valence-corrected chi connectivity index (χ0v) is 23.8. The van der Waals surface area contributed by atoms with Gasteiger partial charge in [0.05, 0.1) is 16.1 Å². The SMILES string of the molecule is CC(C)(CCCc1ccccc1O)[Si](C)(C)C(C)(C)[Si](C)(C)CCCc1ccccc1O. The fraction of sp³-hybridized carbons (Fsp3) is 0.571. The topological polar surface area (TPSA) is 40.5 Å². The molecule has 0 aliphatic rings. The molecule has 0 heterocycles. The van der Waals surface area contributed by atoms with Crippen molar-refractivity contribution < 1.29 is 10.2 Å². The molecule has 0 unspecified atom stereocenters. The summed E-state index contributed by atoms with van der Waals surface area (Å²) in [7, 11) is -3.16. The zero-order valence-electron chi connectivity index (χ0n) is 21.8. The van der Waals surface area contributed by atoms with Gasteiger partial charge in [-0.25, -0.2) is 0 Å². The van der Waals surface area contributed by atoms with Crippen molar-refractivity contribution >= 4 is 16.1 Å². The number of hydrogen-bond acceptors (Lipinski definition) is 2. The van der Waals surface area contributed by atoms with E-state index >= 15 is 0 Å².